The first kappa shape index (κ1) is 20.5. The second kappa shape index (κ2) is 7.57. The maximum Gasteiger partial charge on any atom is 0.407 e. The molecule has 1 fully saturated rings. The van der Waals surface area contributed by atoms with Crippen molar-refractivity contribution in [3.63, 3.8) is 0 Å². The average molecular weight is 351 g/mol. The van der Waals surface area contributed by atoms with E-state index in [-0.39, 0.29) is 17.3 Å². The number of amides is 1. The van der Waals surface area contributed by atoms with Gasteiger partial charge in [-0.1, -0.05) is 20.8 Å². The molecule has 0 bridgehead atoms. The lowest BCUT2D eigenvalue weighted by Gasteiger charge is -2.46. The van der Waals surface area contributed by atoms with Gasteiger partial charge in [-0.2, -0.15) is 0 Å². The highest BCUT2D eigenvalue weighted by Crippen LogP contribution is 2.39. The number of carboxylic acid groups (broad SMARTS) is 1. The zero-order valence-corrected chi connectivity index (χ0v) is 15.9. The quantitative estimate of drug-likeness (QED) is 0.764. The normalized spacial score (nSPS) is 26.0. The summed E-state index contributed by atoms with van der Waals surface area (Å²) in [6.07, 6.45) is -0.349. The number of nitrogens with one attached hydrogen (secondary N) is 1. The molecule has 23 heavy (non-hydrogen) atoms. The van der Waals surface area contributed by atoms with Crippen LogP contribution in [0.5, 0.6) is 0 Å². The van der Waals surface area contributed by atoms with Gasteiger partial charge in [0.1, 0.15) is 11.4 Å². The summed E-state index contributed by atoms with van der Waals surface area (Å²) in [7, 11) is 0. The second-order valence-corrected chi connectivity index (χ2v) is 10.4. The summed E-state index contributed by atoms with van der Waals surface area (Å²) in [6.45, 7) is 11.9. The van der Waals surface area contributed by atoms with Gasteiger partial charge in [0, 0.05) is 24.5 Å². The fraction of sp³-hybridized carbons (Fsp3) is 0.938. The van der Waals surface area contributed by atoms with Crippen molar-refractivity contribution in [2.24, 2.45) is 17.3 Å². The van der Waals surface area contributed by atoms with Crippen molar-refractivity contribution in [3.8, 4) is 0 Å². The standard InChI is InChI=1S/C16H31FN2O3S/c1-15(2,3)12-10-19(14(20)21)8-7-11(12)13(9-17)18-23(22)16(4,5)6/h11-13,18H,7-10H2,1-6H3,(H,20,21)/t11-,12-,13-,23?/m0/s1. The Morgan fingerprint density at radius 2 is 1.96 bits per heavy atom. The molecule has 2 N–H and O–H groups in total. The molecule has 1 saturated heterocycles. The van der Waals surface area contributed by atoms with E-state index >= 15 is 0 Å². The summed E-state index contributed by atoms with van der Waals surface area (Å²) in [5.74, 6) is -0.0283. The number of alkyl halides is 1. The molecule has 0 aromatic carbocycles. The number of halogens is 1. The van der Waals surface area contributed by atoms with Crippen LogP contribution in [0.25, 0.3) is 0 Å². The number of likely N-dealkylation sites (tertiary alicyclic amines) is 1. The Balaban J connectivity index is 2.94. The number of piperidine rings is 1. The number of rotatable bonds is 4. The number of carbonyl (C=O) groups is 1. The van der Waals surface area contributed by atoms with Crippen molar-refractivity contribution in [1.29, 1.82) is 0 Å². The summed E-state index contributed by atoms with van der Waals surface area (Å²) >= 11 is -1.35. The smallest absolute Gasteiger partial charge is 0.407 e. The Kier molecular flexibility index (Phi) is 6.75. The maximum absolute atomic E-state index is 13.7. The van der Waals surface area contributed by atoms with E-state index < -0.39 is 34.9 Å². The molecule has 5 nitrogen and oxygen atoms in total. The van der Waals surface area contributed by atoms with Crippen LogP contribution in [-0.2, 0) is 11.4 Å². The number of hydrogen-bond acceptors (Lipinski definition) is 3. The topological polar surface area (TPSA) is 75.6 Å². The molecule has 0 spiro atoms. The van der Waals surface area contributed by atoms with Gasteiger partial charge in [-0.3, -0.25) is 0 Å². The first-order valence-corrected chi connectivity index (χ1v) is 9.24. The molecule has 0 aromatic heterocycles. The Hall–Kier alpha value is -0.530. The minimum Gasteiger partial charge on any atom is -0.598 e. The third-order valence-corrected chi connectivity index (χ3v) is 6.18. The molecule has 1 amide bonds. The van der Waals surface area contributed by atoms with Gasteiger partial charge < -0.3 is 14.6 Å². The van der Waals surface area contributed by atoms with Crippen LogP contribution in [0.15, 0.2) is 0 Å². The molecule has 4 atom stereocenters. The van der Waals surface area contributed by atoms with E-state index in [2.05, 4.69) is 4.72 Å². The number of nitrogens with zero attached hydrogens (tertiary/aromatic N) is 1. The van der Waals surface area contributed by atoms with Gasteiger partial charge >= 0.3 is 6.09 Å². The Bertz CT molecular complexity index is 409. The highest BCUT2D eigenvalue weighted by molar-refractivity contribution is 7.90. The van der Waals surface area contributed by atoms with E-state index in [0.29, 0.717) is 19.5 Å². The minimum atomic E-state index is -1.35. The first-order valence-electron chi connectivity index (χ1n) is 8.09. The first-order chi connectivity index (χ1) is 10.4. The zero-order valence-electron chi connectivity index (χ0n) is 15.1. The maximum atomic E-state index is 13.7. The van der Waals surface area contributed by atoms with E-state index in [1.54, 1.807) is 0 Å². The minimum absolute atomic E-state index is 0.0116. The highest BCUT2D eigenvalue weighted by atomic mass is 32.2. The van der Waals surface area contributed by atoms with Crippen molar-refractivity contribution in [2.75, 3.05) is 19.8 Å². The molecule has 1 rings (SSSR count). The summed E-state index contributed by atoms with van der Waals surface area (Å²) in [5.41, 5.74) is -0.156. The van der Waals surface area contributed by atoms with Gasteiger partial charge in [0.15, 0.2) is 0 Å². The summed E-state index contributed by atoms with van der Waals surface area (Å²) in [5, 5.41) is 9.24. The monoisotopic (exact) mass is 350 g/mol. The van der Waals surface area contributed by atoms with Crippen molar-refractivity contribution in [3.05, 3.63) is 0 Å². The molecule has 0 radical (unpaired) electrons. The fourth-order valence-corrected chi connectivity index (χ4v) is 3.96. The van der Waals surface area contributed by atoms with Gasteiger partial charge in [-0.15, -0.1) is 4.72 Å². The molecule has 136 valence electrons. The molecule has 1 unspecified atom stereocenters. The Labute approximate surface area is 142 Å². The number of hydrogen-bond donors (Lipinski definition) is 2. The Morgan fingerprint density at radius 1 is 1.39 bits per heavy atom. The van der Waals surface area contributed by atoms with E-state index in [9.17, 15) is 18.8 Å². The van der Waals surface area contributed by atoms with Gasteiger partial charge in [0.25, 0.3) is 0 Å². The highest BCUT2D eigenvalue weighted by Gasteiger charge is 2.44. The lowest BCUT2D eigenvalue weighted by Crippen LogP contribution is -2.56. The fourth-order valence-electron chi connectivity index (χ4n) is 3.09. The largest absolute Gasteiger partial charge is 0.598 e. The molecular weight excluding hydrogens is 319 g/mol. The molecule has 7 heteroatoms. The predicted molar refractivity (Wildman–Crippen MR) is 91.4 cm³/mol. The lowest BCUT2D eigenvalue weighted by atomic mass is 9.68. The molecule has 1 aliphatic rings. The summed E-state index contributed by atoms with van der Waals surface area (Å²) in [4.78, 5) is 12.7. The van der Waals surface area contributed by atoms with Crippen LogP contribution in [0.3, 0.4) is 0 Å². The molecular formula is C16H31FN2O3S. The predicted octanol–water partition coefficient (Wildman–Crippen LogP) is 3.04. The van der Waals surface area contributed by atoms with Crippen LogP contribution in [-0.4, -0.2) is 51.2 Å². The SMILES string of the molecule is CC(C)(C)[C@H]1CN(C(=O)O)CC[C@@H]1[C@H](CF)N[S+]([O-])C(C)(C)C. The van der Waals surface area contributed by atoms with Gasteiger partial charge in [-0.25, -0.2) is 9.18 Å². The Morgan fingerprint density at radius 3 is 2.35 bits per heavy atom. The van der Waals surface area contributed by atoms with Crippen LogP contribution in [0.1, 0.15) is 48.0 Å². The van der Waals surface area contributed by atoms with Crippen LogP contribution in [0, 0.1) is 17.3 Å². The second-order valence-electron chi connectivity index (χ2n) is 8.41. The molecule has 0 aromatic rings. The van der Waals surface area contributed by atoms with Crippen LogP contribution >= 0.6 is 0 Å². The van der Waals surface area contributed by atoms with E-state index in [1.165, 1.54) is 4.90 Å². The van der Waals surface area contributed by atoms with E-state index in [4.69, 9.17) is 0 Å². The van der Waals surface area contributed by atoms with Crippen molar-refractivity contribution >= 4 is 17.5 Å². The van der Waals surface area contributed by atoms with Crippen LogP contribution in [0.2, 0.25) is 0 Å². The molecule has 0 aliphatic carbocycles. The summed E-state index contributed by atoms with van der Waals surface area (Å²) < 4.78 is 28.5. The molecule has 1 heterocycles. The van der Waals surface area contributed by atoms with E-state index in [1.807, 2.05) is 41.5 Å². The molecule has 0 saturated carbocycles. The average Bonchev–Trinajstić information content (AvgIpc) is 2.41. The zero-order chi connectivity index (χ0) is 18.0. The third kappa shape index (κ3) is 5.50. The van der Waals surface area contributed by atoms with Crippen molar-refractivity contribution in [2.45, 2.75) is 58.8 Å². The van der Waals surface area contributed by atoms with Gasteiger partial charge in [0.2, 0.25) is 0 Å². The summed E-state index contributed by atoms with van der Waals surface area (Å²) in [6, 6.07) is -0.518. The van der Waals surface area contributed by atoms with E-state index in [0.717, 1.165) is 0 Å². The van der Waals surface area contributed by atoms with Crippen LogP contribution < -0.4 is 4.72 Å². The van der Waals surface area contributed by atoms with Crippen molar-refractivity contribution in [1.82, 2.24) is 9.62 Å². The lowest BCUT2D eigenvalue weighted by molar-refractivity contribution is 0.0295. The molecule has 1 aliphatic heterocycles. The van der Waals surface area contributed by atoms with Gasteiger partial charge in [0.05, 0.1) is 6.04 Å². The van der Waals surface area contributed by atoms with Crippen LogP contribution in [0.4, 0.5) is 9.18 Å². The third-order valence-electron chi connectivity index (χ3n) is 4.55. The van der Waals surface area contributed by atoms with Crippen molar-refractivity contribution < 1.29 is 18.8 Å². The van der Waals surface area contributed by atoms with Gasteiger partial charge in [-0.05, 0) is 44.4 Å².